The molecule has 9 nitrogen and oxygen atoms in total. The van der Waals surface area contributed by atoms with Crippen molar-refractivity contribution < 1.29 is 24.4 Å². The van der Waals surface area contributed by atoms with Crippen LogP contribution in [0.4, 0.5) is 5.69 Å². The fourth-order valence-corrected chi connectivity index (χ4v) is 2.06. The van der Waals surface area contributed by atoms with E-state index in [2.05, 4.69) is 10.5 Å². The van der Waals surface area contributed by atoms with E-state index in [1.807, 2.05) is 0 Å². The second kappa shape index (κ2) is 8.58. The summed E-state index contributed by atoms with van der Waals surface area (Å²) in [5.74, 6) is -1.53. The molecule has 0 radical (unpaired) electrons. The Labute approximate surface area is 152 Å². The van der Waals surface area contributed by atoms with Gasteiger partial charge in [0.05, 0.1) is 11.1 Å². The van der Waals surface area contributed by atoms with Crippen LogP contribution < -0.4 is 10.2 Å². The Bertz CT molecular complexity index is 884. The van der Waals surface area contributed by atoms with Crippen LogP contribution in [-0.2, 0) is 4.79 Å². The van der Waals surface area contributed by atoms with Gasteiger partial charge in [-0.15, -0.1) is 0 Å². The van der Waals surface area contributed by atoms with Crippen LogP contribution in [0.2, 0.25) is 5.02 Å². The molecule has 0 aliphatic heterocycles. The molecular weight excluding hydrogens is 366 g/mol. The number of nitrogens with one attached hydrogen (secondary N) is 1. The summed E-state index contributed by atoms with van der Waals surface area (Å²) in [5, 5.41) is 23.2. The van der Waals surface area contributed by atoms with Gasteiger partial charge in [-0.25, -0.2) is 10.2 Å². The van der Waals surface area contributed by atoms with E-state index in [4.69, 9.17) is 21.4 Å². The maximum absolute atomic E-state index is 12.0. The fourth-order valence-electron chi connectivity index (χ4n) is 1.88. The number of nitro groups is 1. The Balaban J connectivity index is 2.09. The summed E-state index contributed by atoms with van der Waals surface area (Å²) in [6.45, 7) is -0.522. The zero-order chi connectivity index (χ0) is 19.1. The van der Waals surface area contributed by atoms with E-state index in [1.54, 1.807) is 24.3 Å². The van der Waals surface area contributed by atoms with Crippen molar-refractivity contribution >= 4 is 35.4 Å². The number of amides is 1. The molecule has 0 aliphatic carbocycles. The van der Waals surface area contributed by atoms with Crippen LogP contribution in [0.1, 0.15) is 15.9 Å². The molecule has 0 aromatic heterocycles. The highest BCUT2D eigenvalue weighted by Gasteiger charge is 2.16. The van der Waals surface area contributed by atoms with Gasteiger partial charge >= 0.3 is 5.97 Å². The third-order valence-electron chi connectivity index (χ3n) is 3.04. The lowest BCUT2D eigenvalue weighted by molar-refractivity contribution is -0.384. The SMILES string of the molecule is O=C(O)COc1ccccc1/C=N/NC(=O)c1ccc(Cl)c([N+](=O)[O-])c1. The molecule has 0 heterocycles. The van der Waals surface area contributed by atoms with Crippen molar-refractivity contribution in [3.63, 3.8) is 0 Å². The number of ether oxygens (including phenoxy) is 1. The fraction of sp³-hybridized carbons (Fsp3) is 0.0625. The lowest BCUT2D eigenvalue weighted by Crippen LogP contribution is -2.18. The molecule has 0 atom stereocenters. The van der Waals surface area contributed by atoms with Gasteiger partial charge in [-0.05, 0) is 24.3 Å². The minimum Gasteiger partial charge on any atom is -0.481 e. The van der Waals surface area contributed by atoms with E-state index >= 15 is 0 Å². The first kappa shape index (κ1) is 18.9. The number of carbonyl (C=O) groups excluding carboxylic acids is 1. The molecule has 1 amide bonds. The highest BCUT2D eigenvalue weighted by atomic mass is 35.5. The number of nitrogens with zero attached hydrogens (tertiary/aromatic N) is 2. The number of rotatable bonds is 7. The van der Waals surface area contributed by atoms with Crippen molar-refractivity contribution in [3.8, 4) is 5.75 Å². The molecule has 0 aliphatic rings. The Morgan fingerprint density at radius 3 is 2.73 bits per heavy atom. The molecule has 0 unspecified atom stereocenters. The number of benzene rings is 2. The average Bonchev–Trinajstić information content (AvgIpc) is 2.60. The van der Waals surface area contributed by atoms with E-state index in [1.165, 1.54) is 18.3 Å². The van der Waals surface area contributed by atoms with Crippen molar-refractivity contribution in [2.24, 2.45) is 5.10 Å². The largest absolute Gasteiger partial charge is 0.481 e. The summed E-state index contributed by atoms with van der Waals surface area (Å²) in [7, 11) is 0. The first-order valence-electron chi connectivity index (χ1n) is 7.09. The van der Waals surface area contributed by atoms with Crippen LogP contribution >= 0.6 is 11.6 Å². The van der Waals surface area contributed by atoms with Crippen LogP contribution in [-0.4, -0.2) is 34.7 Å². The number of carboxylic acids is 1. The van der Waals surface area contributed by atoms with Gasteiger partial charge in [-0.3, -0.25) is 14.9 Å². The molecule has 0 saturated carbocycles. The highest BCUT2D eigenvalue weighted by molar-refractivity contribution is 6.32. The van der Waals surface area contributed by atoms with E-state index in [-0.39, 0.29) is 16.3 Å². The number of carbonyl (C=O) groups is 2. The molecule has 2 rings (SSSR count). The molecule has 0 bridgehead atoms. The molecule has 10 heteroatoms. The third-order valence-corrected chi connectivity index (χ3v) is 3.36. The molecule has 2 aromatic rings. The molecule has 134 valence electrons. The minimum absolute atomic E-state index is 0.00802. The topological polar surface area (TPSA) is 131 Å². The number of hydrogen-bond donors (Lipinski definition) is 2. The van der Waals surface area contributed by atoms with Crippen LogP contribution in [0.25, 0.3) is 0 Å². The summed E-state index contributed by atoms with van der Waals surface area (Å²) in [6.07, 6.45) is 1.26. The molecule has 0 fully saturated rings. The van der Waals surface area contributed by atoms with Crippen molar-refractivity contribution in [1.29, 1.82) is 0 Å². The van der Waals surface area contributed by atoms with Crippen molar-refractivity contribution in [2.75, 3.05) is 6.61 Å². The first-order valence-corrected chi connectivity index (χ1v) is 7.47. The van der Waals surface area contributed by atoms with Crippen molar-refractivity contribution in [2.45, 2.75) is 0 Å². The average molecular weight is 378 g/mol. The zero-order valence-electron chi connectivity index (χ0n) is 13.1. The predicted octanol–water partition coefficient (Wildman–Crippen LogP) is 2.48. The monoisotopic (exact) mass is 377 g/mol. The normalized spacial score (nSPS) is 10.5. The third kappa shape index (κ3) is 5.02. The standard InChI is InChI=1S/C16H12ClN3O6/c17-12-6-5-10(7-13(12)20(24)25)16(23)19-18-8-11-3-1-2-4-14(11)26-9-15(21)22/h1-8H,9H2,(H,19,23)(H,21,22)/b18-8+. The van der Waals surface area contributed by atoms with Gasteiger partial charge in [-0.2, -0.15) is 5.10 Å². The Hall–Kier alpha value is -3.46. The van der Waals surface area contributed by atoms with Gasteiger partial charge in [0.2, 0.25) is 0 Å². The Kier molecular flexibility index (Phi) is 6.23. The summed E-state index contributed by atoms with van der Waals surface area (Å²) >= 11 is 5.69. The van der Waals surface area contributed by atoms with Gasteiger partial charge < -0.3 is 9.84 Å². The van der Waals surface area contributed by atoms with Crippen LogP contribution in [0.3, 0.4) is 0 Å². The Morgan fingerprint density at radius 2 is 2.04 bits per heavy atom. The van der Waals surface area contributed by atoms with E-state index in [9.17, 15) is 19.7 Å². The van der Waals surface area contributed by atoms with Gasteiger partial charge in [0.1, 0.15) is 10.8 Å². The number of carboxylic acid groups (broad SMARTS) is 1. The van der Waals surface area contributed by atoms with Gasteiger partial charge in [0.15, 0.2) is 6.61 Å². The predicted molar refractivity (Wildman–Crippen MR) is 92.7 cm³/mol. The van der Waals surface area contributed by atoms with Crippen molar-refractivity contribution in [3.05, 3.63) is 68.7 Å². The molecule has 26 heavy (non-hydrogen) atoms. The summed E-state index contributed by atoms with van der Waals surface area (Å²) in [5.41, 5.74) is 2.27. The summed E-state index contributed by atoms with van der Waals surface area (Å²) in [6, 6.07) is 10.1. The second-order valence-electron chi connectivity index (χ2n) is 4.84. The second-order valence-corrected chi connectivity index (χ2v) is 5.25. The van der Waals surface area contributed by atoms with Crippen molar-refractivity contribution in [1.82, 2.24) is 5.43 Å². The number of hydrogen-bond acceptors (Lipinski definition) is 6. The summed E-state index contributed by atoms with van der Waals surface area (Å²) < 4.78 is 5.10. The van der Waals surface area contributed by atoms with Gasteiger partial charge in [0, 0.05) is 17.2 Å². The minimum atomic E-state index is -1.13. The number of aliphatic carboxylic acids is 1. The quantitative estimate of drug-likeness (QED) is 0.433. The summed E-state index contributed by atoms with van der Waals surface area (Å²) in [4.78, 5) is 32.7. The lowest BCUT2D eigenvalue weighted by atomic mass is 10.2. The molecule has 2 N–H and O–H groups in total. The molecule has 0 saturated heterocycles. The number of hydrazone groups is 1. The number of nitro benzene ring substituents is 1. The van der Waals surface area contributed by atoms with E-state index < -0.39 is 29.1 Å². The van der Waals surface area contributed by atoms with Gasteiger partial charge in [0.25, 0.3) is 11.6 Å². The van der Waals surface area contributed by atoms with Crippen LogP contribution in [0.15, 0.2) is 47.6 Å². The van der Waals surface area contributed by atoms with Gasteiger partial charge in [-0.1, -0.05) is 23.7 Å². The van der Waals surface area contributed by atoms with E-state index in [0.29, 0.717) is 5.56 Å². The molecule has 2 aromatic carbocycles. The maximum atomic E-state index is 12.0. The zero-order valence-corrected chi connectivity index (χ0v) is 13.8. The maximum Gasteiger partial charge on any atom is 0.341 e. The van der Waals surface area contributed by atoms with Crippen LogP contribution in [0.5, 0.6) is 5.75 Å². The Morgan fingerprint density at radius 1 is 1.31 bits per heavy atom. The van der Waals surface area contributed by atoms with Crippen LogP contribution in [0, 0.1) is 10.1 Å². The number of para-hydroxylation sites is 1. The first-order chi connectivity index (χ1) is 12.4. The smallest absolute Gasteiger partial charge is 0.341 e. The lowest BCUT2D eigenvalue weighted by Gasteiger charge is -2.06. The highest BCUT2D eigenvalue weighted by Crippen LogP contribution is 2.25. The molecular formula is C16H12ClN3O6. The number of halogens is 1. The molecule has 0 spiro atoms. The van der Waals surface area contributed by atoms with E-state index in [0.717, 1.165) is 6.07 Å².